The van der Waals surface area contributed by atoms with Gasteiger partial charge < -0.3 is 14.9 Å². The highest BCUT2D eigenvalue weighted by Gasteiger charge is 2.33. The number of carbonyl (C=O) groups excluding carboxylic acids is 1. The predicted molar refractivity (Wildman–Crippen MR) is 69.9 cm³/mol. The van der Waals surface area contributed by atoms with Crippen LogP contribution in [0.1, 0.15) is 26.3 Å². The van der Waals surface area contributed by atoms with Crippen LogP contribution >= 0.6 is 0 Å². The van der Waals surface area contributed by atoms with Crippen molar-refractivity contribution >= 4 is 5.97 Å². The molecule has 4 heteroatoms. The summed E-state index contributed by atoms with van der Waals surface area (Å²) in [6.45, 7) is 4.74. The van der Waals surface area contributed by atoms with E-state index >= 15 is 0 Å². The third kappa shape index (κ3) is 4.85. The summed E-state index contributed by atoms with van der Waals surface area (Å²) in [5.41, 5.74) is -0.358. The average Bonchev–Trinajstić information content (AvgIpc) is 2.47. The second-order valence-corrected chi connectivity index (χ2v) is 3.94. The van der Waals surface area contributed by atoms with E-state index in [2.05, 4.69) is 0 Å². The maximum Gasteiger partial charge on any atom is 0.316 e. The van der Waals surface area contributed by atoms with E-state index in [0.717, 1.165) is 5.56 Å². The molecule has 0 aliphatic heterocycles. The van der Waals surface area contributed by atoms with E-state index in [0.29, 0.717) is 0 Å². The Morgan fingerprint density at radius 2 is 1.67 bits per heavy atom. The zero-order chi connectivity index (χ0) is 14.0. The number of rotatable bonds is 5. The molecule has 0 fully saturated rings. The molecular formula is C14H22O4. The fraction of sp³-hybridized carbons (Fsp3) is 0.500. The van der Waals surface area contributed by atoms with Gasteiger partial charge in [-0.3, -0.25) is 4.79 Å². The molecule has 4 nitrogen and oxygen atoms in total. The number of hydrogen-bond acceptors (Lipinski definition) is 4. The Hall–Kier alpha value is -1.39. The summed E-state index contributed by atoms with van der Waals surface area (Å²) < 4.78 is 5.02. The Morgan fingerprint density at radius 3 is 2.11 bits per heavy atom. The van der Waals surface area contributed by atoms with Crippen molar-refractivity contribution in [3.63, 3.8) is 0 Å². The molecule has 1 rings (SSSR count). The van der Waals surface area contributed by atoms with Gasteiger partial charge in [-0.2, -0.15) is 0 Å². The lowest BCUT2D eigenvalue weighted by Crippen LogP contribution is -2.36. The normalized spacial score (nSPS) is 10.3. The fourth-order valence-electron chi connectivity index (χ4n) is 1.08. The Balaban J connectivity index is 0.00000137. The molecule has 0 spiro atoms. The first kappa shape index (κ1) is 16.6. The Kier molecular flexibility index (Phi) is 8.00. The van der Waals surface area contributed by atoms with Gasteiger partial charge in [0, 0.05) is 0 Å². The average molecular weight is 254 g/mol. The van der Waals surface area contributed by atoms with E-state index in [1.54, 1.807) is 0 Å². The van der Waals surface area contributed by atoms with Crippen LogP contribution in [0.2, 0.25) is 0 Å². The Bertz CT molecular complexity index is 331. The van der Waals surface area contributed by atoms with Crippen LogP contribution in [0.5, 0.6) is 0 Å². The zero-order valence-corrected chi connectivity index (χ0v) is 11.2. The van der Waals surface area contributed by atoms with Gasteiger partial charge in [0.15, 0.2) is 0 Å². The molecule has 0 atom stereocenters. The maximum absolute atomic E-state index is 11.6. The highest BCUT2D eigenvalue weighted by molar-refractivity contribution is 5.76. The van der Waals surface area contributed by atoms with E-state index in [-0.39, 0.29) is 6.61 Å². The van der Waals surface area contributed by atoms with Crippen LogP contribution in [0.3, 0.4) is 0 Å². The number of aliphatic hydroxyl groups is 2. The summed E-state index contributed by atoms with van der Waals surface area (Å²) in [5.74, 6) is -0.596. The molecule has 0 aromatic heterocycles. The van der Waals surface area contributed by atoms with E-state index in [9.17, 15) is 4.79 Å². The molecule has 0 heterocycles. The van der Waals surface area contributed by atoms with Gasteiger partial charge in [-0.05, 0) is 12.5 Å². The molecule has 102 valence electrons. The quantitative estimate of drug-likeness (QED) is 0.786. The lowest BCUT2D eigenvalue weighted by molar-refractivity contribution is -0.161. The van der Waals surface area contributed by atoms with Gasteiger partial charge in [0.2, 0.25) is 0 Å². The molecule has 2 N–H and O–H groups in total. The van der Waals surface area contributed by atoms with Crippen LogP contribution in [0.15, 0.2) is 30.3 Å². The van der Waals surface area contributed by atoms with E-state index in [1.807, 2.05) is 44.2 Å². The van der Waals surface area contributed by atoms with Gasteiger partial charge in [-0.25, -0.2) is 0 Å². The SMILES string of the molecule is CC.CC(CO)(CO)C(=O)OCc1ccccc1. The first-order valence-corrected chi connectivity index (χ1v) is 6.05. The zero-order valence-electron chi connectivity index (χ0n) is 11.2. The van der Waals surface area contributed by atoms with Crippen molar-refractivity contribution in [2.75, 3.05) is 13.2 Å². The molecule has 0 bridgehead atoms. The standard InChI is InChI=1S/C12H16O4.C2H6/c1-12(8-13,9-14)11(15)16-7-10-5-3-2-4-6-10;1-2/h2-6,13-14H,7-9H2,1H3;1-2H3. The number of esters is 1. The van der Waals surface area contributed by atoms with Gasteiger partial charge in [-0.1, -0.05) is 44.2 Å². The van der Waals surface area contributed by atoms with Crippen LogP contribution in [0.25, 0.3) is 0 Å². The Labute approximate surface area is 108 Å². The topological polar surface area (TPSA) is 66.8 Å². The van der Waals surface area contributed by atoms with Crippen molar-refractivity contribution in [1.29, 1.82) is 0 Å². The van der Waals surface area contributed by atoms with Crippen LogP contribution in [0.4, 0.5) is 0 Å². The highest BCUT2D eigenvalue weighted by atomic mass is 16.5. The van der Waals surface area contributed by atoms with E-state index in [1.165, 1.54) is 6.92 Å². The van der Waals surface area contributed by atoms with Gasteiger partial charge in [0.05, 0.1) is 13.2 Å². The minimum absolute atomic E-state index is 0.148. The second-order valence-electron chi connectivity index (χ2n) is 3.94. The Morgan fingerprint density at radius 1 is 1.17 bits per heavy atom. The molecule has 18 heavy (non-hydrogen) atoms. The monoisotopic (exact) mass is 254 g/mol. The lowest BCUT2D eigenvalue weighted by Gasteiger charge is -2.22. The van der Waals surface area contributed by atoms with Gasteiger partial charge in [0.25, 0.3) is 0 Å². The van der Waals surface area contributed by atoms with Crippen molar-refractivity contribution in [2.45, 2.75) is 27.4 Å². The van der Waals surface area contributed by atoms with Crippen LogP contribution in [-0.2, 0) is 16.1 Å². The molecule has 0 unspecified atom stereocenters. The summed E-state index contributed by atoms with van der Waals surface area (Å²) >= 11 is 0. The first-order chi connectivity index (χ1) is 8.62. The van der Waals surface area contributed by atoms with Crippen LogP contribution in [0, 0.1) is 5.41 Å². The molecule has 0 aliphatic carbocycles. The van der Waals surface area contributed by atoms with Crippen molar-refractivity contribution < 1.29 is 19.7 Å². The van der Waals surface area contributed by atoms with Crippen LogP contribution < -0.4 is 0 Å². The van der Waals surface area contributed by atoms with Crippen molar-refractivity contribution in [2.24, 2.45) is 5.41 Å². The number of benzene rings is 1. The number of carbonyl (C=O) groups is 1. The molecule has 1 aromatic carbocycles. The minimum Gasteiger partial charge on any atom is -0.460 e. The van der Waals surface area contributed by atoms with Gasteiger partial charge >= 0.3 is 5.97 Å². The largest absolute Gasteiger partial charge is 0.460 e. The third-order valence-electron chi connectivity index (χ3n) is 2.40. The molecule has 0 saturated carbocycles. The fourth-order valence-corrected chi connectivity index (χ4v) is 1.08. The summed E-state index contributed by atoms with van der Waals surface area (Å²) in [6, 6.07) is 9.24. The van der Waals surface area contributed by atoms with E-state index in [4.69, 9.17) is 14.9 Å². The van der Waals surface area contributed by atoms with Crippen molar-refractivity contribution in [3.05, 3.63) is 35.9 Å². The molecular weight excluding hydrogens is 232 g/mol. The number of hydrogen-bond donors (Lipinski definition) is 2. The highest BCUT2D eigenvalue weighted by Crippen LogP contribution is 2.17. The summed E-state index contributed by atoms with van der Waals surface area (Å²) in [6.07, 6.45) is 0. The van der Waals surface area contributed by atoms with Crippen molar-refractivity contribution in [1.82, 2.24) is 0 Å². The summed E-state index contributed by atoms with van der Waals surface area (Å²) in [5, 5.41) is 18.0. The number of ether oxygens (including phenoxy) is 1. The van der Waals surface area contributed by atoms with E-state index < -0.39 is 24.6 Å². The molecule has 1 aromatic rings. The second kappa shape index (κ2) is 8.66. The molecule has 0 amide bonds. The predicted octanol–water partition coefficient (Wildman–Crippen LogP) is 1.75. The molecule has 0 radical (unpaired) electrons. The van der Waals surface area contributed by atoms with Gasteiger partial charge in [-0.15, -0.1) is 0 Å². The minimum atomic E-state index is -1.23. The smallest absolute Gasteiger partial charge is 0.316 e. The lowest BCUT2D eigenvalue weighted by atomic mass is 9.93. The summed E-state index contributed by atoms with van der Waals surface area (Å²) in [7, 11) is 0. The third-order valence-corrected chi connectivity index (χ3v) is 2.40. The first-order valence-electron chi connectivity index (χ1n) is 6.05. The molecule has 0 saturated heterocycles. The summed E-state index contributed by atoms with van der Waals surface area (Å²) in [4.78, 5) is 11.6. The maximum atomic E-state index is 11.6. The number of aliphatic hydroxyl groups excluding tert-OH is 2. The molecule has 0 aliphatic rings. The van der Waals surface area contributed by atoms with Crippen LogP contribution in [-0.4, -0.2) is 29.4 Å². The van der Waals surface area contributed by atoms with Crippen molar-refractivity contribution in [3.8, 4) is 0 Å². The van der Waals surface area contributed by atoms with Gasteiger partial charge in [0.1, 0.15) is 12.0 Å².